The van der Waals surface area contributed by atoms with Crippen molar-refractivity contribution >= 4 is 17.5 Å². The molecule has 1 aromatic carbocycles. The van der Waals surface area contributed by atoms with Crippen molar-refractivity contribution in [3.05, 3.63) is 52.8 Å². The van der Waals surface area contributed by atoms with Crippen molar-refractivity contribution in [1.29, 1.82) is 0 Å². The summed E-state index contributed by atoms with van der Waals surface area (Å²) >= 11 is 6.29. The standard InChI is InChI=1S/C19H23ClN2O3/c1-3-10-25-18-16(20)11-15(12-17(18)24-4-2)19(23)22-9-7-14-6-5-8-21-13-14/h5-6,8,11-13H,3-4,7,9-10H2,1-2H3,(H,22,23). The molecule has 0 radical (unpaired) electrons. The maximum Gasteiger partial charge on any atom is 0.251 e. The lowest BCUT2D eigenvalue weighted by molar-refractivity contribution is 0.0953. The second kappa shape index (κ2) is 9.89. The first-order valence-electron chi connectivity index (χ1n) is 8.42. The normalized spacial score (nSPS) is 10.4. The van der Waals surface area contributed by atoms with Gasteiger partial charge < -0.3 is 14.8 Å². The highest BCUT2D eigenvalue weighted by Gasteiger charge is 2.16. The molecule has 0 aliphatic rings. The maximum absolute atomic E-state index is 12.4. The summed E-state index contributed by atoms with van der Waals surface area (Å²) in [6.07, 6.45) is 5.08. The first kappa shape index (κ1) is 19.1. The summed E-state index contributed by atoms with van der Waals surface area (Å²) in [7, 11) is 0. The lowest BCUT2D eigenvalue weighted by Gasteiger charge is -2.15. The predicted octanol–water partition coefficient (Wildman–Crippen LogP) is 3.90. The van der Waals surface area contributed by atoms with Crippen LogP contribution in [0.1, 0.15) is 36.2 Å². The third-order valence-corrected chi connectivity index (χ3v) is 3.72. The fourth-order valence-electron chi connectivity index (χ4n) is 2.27. The Bertz CT molecular complexity index is 693. The predicted molar refractivity (Wildman–Crippen MR) is 98.7 cm³/mol. The summed E-state index contributed by atoms with van der Waals surface area (Å²) in [4.78, 5) is 16.4. The number of hydrogen-bond donors (Lipinski definition) is 1. The molecule has 0 bridgehead atoms. The number of benzene rings is 1. The molecule has 1 aromatic heterocycles. The van der Waals surface area contributed by atoms with Gasteiger partial charge in [-0.2, -0.15) is 0 Å². The van der Waals surface area contributed by atoms with Gasteiger partial charge in [0.2, 0.25) is 0 Å². The minimum Gasteiger partial charge on any atom is -0.490 e. The van der Waals surface area contributed by atoms with E-state index in [1.165, 1.54) is 0 Å². The SMILES string of the molecule is CCCOc1c(Cl)cc(C(=O)NCCc2cccnc2)cc1OCC. The van der Waals surface area contributed by atoms with E-state index in [1.807, 2.05) is 26.0 Å². The number of rotatable bonds is 9. The van der Waals surface area contributed by atoms with E-state index >= 15 is 0 Å². The van der Waals surface area contributed by atoms with Gasteiger partial charge in [0.15, 0.2) is 11.5 Å². The van der Waals surface area contributed by atoms with Gasteiger partial charge >= 0.3 is 0 Å². The van der Waals surface area contributed by atoms with Gasteiger partial charge in [-0.25, -0.2) is 0 Å². The van der Waals surface area contributed by atoms with Crippen LogP contribution >= 0.6 is 11.6 Å². The summed E-state index contributed by atoms with van der Waals surface area (Å²) in [6, 6.07) is 7.12. The highest BCUT2D eigenvalue weighted by molar-refractivity contribution is 6.32. The largest absolute Gasteiger partial charge is 0.490 e. The highest BCUT2D eigenvalue weighted by atomic mass is 35.5. The molecule has 2 aromatic rings. The minimum atomic E-state index is -0.200. The molecule has 0 spiro atoms. The number of nitrogens with one attached hydrogen (secondary N) is 1. The molecule has 2 rings (SSSR count). The van der Waals surface area contributed by atoms with Crippen LogP contribution in [0.3, 0.4) is 0 Å². The molecule has 134 valence electrons. The lowest BCUT2D eigenvalue weighted by Crippen LogP contribution is -2.25. The van der Waals surface area contributed by atoms with Gasteiger partial charge in [0.25, 0.3) is 5.91 Å². The molecule has 5 nitrogen and oxygen atoms in total. The number of hydrogen-bond acceptors (Lipinski definition) is 4. The van der Waals surface area contributed by atoms with Crippen molar-refractivity contribution in [2.24, 2.45) is 0 Å². The topological polar surface area (TPSA) is 60.5 Å². The Kier molecular flexibility index (Phi) is 7.54. The third-order valence-electron chi connectivity index (χ3n) is 3.44. The molecular weight excluding hydrogens is 340 g/mol. The van der Waals surface area contributed by atoms with Gasteiger partial charge in [0.1, 0.15) is 0 Å². The first-order valence-corrected chi connectivity index (χ1v) is 8.79. The molecule has 1 N–H and O–H groups in total. The van der Waals surface area contributed by atoms with E-state index in [-0.39, 0.29) is 5.91 Å². The number of nitrogens with zero attached hydrogens (tertiary/aromatic N) is 1. The molecular formula is C19H23ClN2O3. The summed E-state index contributed by atoms with van der Waals surface area (Å²) in [6.45, 7) is 5.40. The molecule has 0 aliphatic carbocycles. The lowest BCUT2D eigenvalue weighted by atomic mass is 10.1. The fourth-order valence-corrected chi connectivity index (χ4v) is 2.54. The summed E-state index contributed by atoms with van der Waals surface area (Å²) in [5, 5.41) is 3.26. The van der Waals surface area contributed by atoms with Crippen LogP contribution in [0.2, 0.25) is 5.02 Å². The number of ether oxygens (including phenoxy) is 2. The Morgan fingerprint density at radius 3 is 2.80 bits per heavy atom. The Hall–Kier alpha value is -2.27. The minimum absolute atomic E-state index is 0.200. The van der Waals surface area contributed by atoms with Crippen molar-refractivity contribution in [3.8, 4) is 11.5 Å². The average molecular weight is 363 g/mol. The summed E-state index contributed by atoms with van der Waals surface area (Å²) < 4.78 is 11.2. The molecule has 0 aliphatic heterocycles. The van der Waals surface area contributed by atoms with Crippen LogP contribution in [0, 0.1) is 0 Å². The van der Waals surface area contributed by atoms with E-state index in [4.69, 9.17) is 21.1 Å². The zero-order valence-corrected chi connectivity index (χ0v) is 15.3. The van der Waals surface area contributed by atoms with Crippen LogP contribution in [0.4, 0.5) is 0 Å². The molecule has 6 heteroatoms. The second-order valence-electron chi connectivity index (χ2n) is 5.43. The number of pyridine rings is 1. The van der Waals surface area contributed by atoms with Gasteiger partial charge in [0.05, 0.1) is 18.2 Å². The fraction of sp³-hybridized carbons (Fsp3) is 0.368. The van der Waals surface area contributed by atoms with E-state index in [9.17, 15) is 4.79 Å². The Morgan fingerprint density at radius 2 is 2.12 bits per heavy atom. The highest BCUT2D eigenvalue weighted by Crippen LogP contribution is 2.36. The molecule has 0 unspecified atom stereocenters. The van der Waals surface area contributed by atoms with Gasteiger partial charge in [-0.1, -0.05) is 24.6 Å². The van der Waals surface area contributed by atoms with E-state index in [0.717, 1.165) is 12.0 Å². The molecule has 0 saturated carbocycles. The van der Waals surface area contributed by atoms with Crippen LogP contribution in [0.15, 0.2) is 36.7 Å². The monoisotopic (exact) mass is 362 g/mol. The van der Waals surface area contributed by atoms with Crippen LogP contribution in [-0.2, 0) is 6.42 Å². The van der Waals surface area contributed by atoms with Crippen molar-refractivity contribution in [1.82, 2.24) is 10.3 Å². The molecule has 1 amide bonds. The van der Waals surface area contributed by atoms with Crippen LogP contribution in [-0.4, -0.2) is 30.6 Å². The summed E-state index contributed by atoms with van der Waals surface area (Å²) in [5.74, 6) is 0.770. The number of carbonyl (C=O) groups is 1. The van der Waals surface area contributed by atoms with Crippen LogP contribution in [0.5, 0.6) is 11.5 Å². The average Bonchev–Trinajstić information content (AvgIpc) is 2.62. The van der Waals surface area contributed by atoms with Gasteiger partial charge in [-0.05, 0) is 43.5 Å². The molecule has 25 heavy (non-hydrogen) atoms. The maximum atomic E-state index is 12.4. The zero-order chi connectivity index (χ0) is 18.1. The number of halogens is 1. The van der Waals surface area contributed by atoms with E-state index in [0.29, 0.717) is 48.3 Å². The van der Waals surface area contributed by atoms with Crippen LogP contribution in [0.25, 0.3) is 0 Å². The molecule has 0 atom stereocenters. The zero-order valence-electron chi connectivity index (χ0n) is 14.5. The molecule has 0 saturated heterocycles. The second-order valence-corrected chi connectivity index (χ2v) is 5.84. The van der Waals surface area contributed by atoms with E-state index < -0.39 is 0 Å². The Morgan fingerprint density at radius 1 is 1.28 bits per heavy atom. The number of amides is 1. The summed E-state index contributed by atoms with van der Waals surface area (Å²) in [5.41, 5.74) is 1.52. The Labute approximate surface area is 153 Å². The van der Waals surface area contributed by atoms with Crippen molar-refractivity contribution in [3.63, 3.8) is 0 Å². The molecule has 0 fully saturated rings. The number of aromatic nitrogens is 1. The van der Waals surface area contributed by atoms with Crippen molar-refractivity contribution in [2.75, 3.05) is 19.8 Å². The molecule has 1 heterocycles. The Balaban J connectivity index is 2.05. The van der Waals surface area contributed by atoms with Gasteiger partial charge in [0, 0.05) is 24.5 Å². The van der Waals surface area contributed by atoms with Crippen molar-refractivity contribution in [2.45, 2.75) is 26.7 Å². The van der Waals surface area contributed by atoms with Gasteiger partial charge in [-0.3, -0.25) is 9.78 Å². The van der Waals surface area contributed by atoms with E-state index in [1.54, 1.807) is 24.5 Å². The quantitative estimate of drug-likeness (QED) is 0.735. The third kappa shape index (κ3) is 5.64. The van der Waals surface area contributed by atoms with E-state index in [2.05, 4.69) is 10.3 Å². The van der Waals surface area contributed by atoms with Gasteiger partial charge in [-0.15, -0.1) is 0 Å². The first-order chi connectivity index (χ1) is 12.2. The van der Waals surface area contributed by atoms with Crippen molar-refractivity contribution < 1.29 is 14.3 Å². The van der Waals surface area contributed by atoms with Crippen LogP contribution < -0.4 is 14.8 Å². The smallest absolute Gasteiger partial charge is 0.251 e. The number of carbonyl (C=O) groups excluding carboxylic acids is 1.